The molecule has 216 valence electrons. The Morgan fingerprint density at radius 3 is 2.39 bits per heavy atom. The van der Waals surface area contributed by atoms with Crippen LogP contribution in [0.15, 0.2) is 36.4 Å². The first-order valence-corrected chi connectivity index (χ1v) is 12.7. The van der Waals surface area contributed by atoms with Gasteiger partial charge in [-0.25, -0.2) is 23.1 Å². The summed E-state index contributed by atoms with van der Waals surface area (Å²) >= 11 is 6.28. The van der Waals surface area contributed by atoms with Gasteiger partial charge < -0.3 is 20.9 Å². The van der Waals surface area contributed by atoms with Crippen LogP contribution in [0.1, 0.15) is 35.4 Å². The van der Waals surface area contributed by atoms with E-state index in [2.05, 4.69) is 21.4 Å². The van der Waals surface area contributed by atoms with Crippen LogP contribution in [-0.2, 0) is 22.4 Å². The van der Waals surface area contributed by atoms with Crippen LogP contribution in [0.4, 0.5) is 13.2 Å². The van der Waals surface area contributed by atoms with E-state index in [0.29, 0.717) is 41.7 Å². The van der Waals surface area contributed by atoms with Crippen LogP contribution in [0.3, 0.4) is 0 Å². The Morgan fingerprint density at radius 2 is 1.73 bits per heavy atom. The lowest BCUT2D eigenvalue weighted by Gasteiger charge is -2.13. The van der Waals surface area contributed by atoms with Crippen LogP contribution in [0.5, 0.6) is 11.5 Å². The molecule has 0 fully saturated rings. The molecule has 2 aromatic carbocycles. The maximum atomic E-state index is 14.6. The summed E-state index contributed by atoms with van der Waals surface area (Å²) in [6, 6.07) is 9.83. The lowest BCUT2D eigenvalue weighted by molar-refractivity contribution is -0.107. The monoisotopic (exact) mass is 588 g/mol. The predicted octanol–water partition coefficient (Wildman–Crippen LogP) is 5.17. The smallest absolute Gasteiger partial charge is 0.204 e. The highest BCUT2D eigenvalue weighted by Crippen LogP contribution is 2.42. The highest BCUT2D eigenvalue weighted by Gasteiger charge is 2.28. The SMILES string of the molecule is COc1cc(CCc2cc3c(c(-c4ccc(F)c(F)c4F)n2)OCC3C)cc2cc(Cl)c(C)nc12.NC=O.NC=O. The summed E-state index contributed by atoms with van der Waals surface area (Å²) in [5.74, 6) is -2.93. The second kappa shape index (κ2) is 13.8. The molecular formula is C29H28ClF3N4O4. The maximum absolute atomic E-state index is 14.6. The Kier molecular flexibility index (Phi) is 10.5. The number of nitrogens with two attached hydrogens (primary N) is 2. The van der Waals surface area contributed by atoms with Gasteiger partial charge in [0.2, 0.25) is 12.8 Å². The first-order valence-electron chi connectivity index (χ1n) is 12.3. The molecule has 0 saturated carbocycles. The average Bonchev–Trinajstić information content (AvgIpc) is 3.32. The number of primary amides is 2. The summed E-state index contributed by atoms with van der Waals surface area (Å²) in [5, 5.41) is 1.44. The van der Waals surface area contributed by atoms with Gasteiger partial charge in [-0.2, -0.15) is 0 Å². The van der Waals surface area contributed by atoms with Crippen molar-refractivity contribution in [3.8, 4) is 22.8 Å². The van der Waals surface area contributed by atoms with Crippen LogP contribution >= 0.6 is 11.6 Å². The molecule has 0 bridgehead atoms. The highest BCUT2D eigenvalue weighted by molar-refractivity contribution is 6.31. The Hall–Kier alpha value is -4.38. The maximum Gasteiger partial charge on any atom is 0.204 e. The van der Waals surface area contributed by atoms with Gasteiger partial charge in [0.05, 0.1) is 24.4 Å². The molecule has 1 unspecified atom stereocenters. The standard InChI is InChI=1S/C27H22ClF3N2O2.2CH3NO/c1-13-12-35-27-19(13)11-17(33-26(27)18-6-7-21(29)24(31)23(18)30)5-4-15-8-16-10-20(28)14(2)32-25(16)22(9-15)34-3;2*2-1-3/h6-11,13H,4-5,12H2,1-3H3;2*1H,(H2,2,3). The van der Waals surface area contributed by atoms with Gasteiger partial charge in [0.15, 0.2) is 17.5 Å². The Labute approximate surface area is 239 Å². The van der Waals surface area contributed by atoms with Crippen molar-refractivity contribution >= 4 is 35.3 Å². The van der Waals surface area contributed by atoms with Gasteiger partial charge in [0.1, 0.15) is 22.7 Å². The number of nitrogens with zero attached hydrogens (tertiary/aromatic N) is 2. The fourth-order valence-electron chi connectivity index (χ4n) is 4.40. The molecule has 41 heavy (non-hydrogen) atoms. The summed E-state index contributed by atoms with van der Waals surface area (Å²) in [5.41, 5.74) is 12.4. The second-order valence-corrected chi connectivity index (χ2v) is 9.42. The molecule has 2 amide bonds. The number of fused-ring (bicyclic) bond motifs is 2. The molecule has 2 aromatic heterocycles. The number of hydrogen-bond donors (Lipinski definition) is 2. The first-order chi connectivity index (χ1) is 19.6. The van der Waals surface area contributed by atoms with Crippen LogP contribution in [0.2, 0.25) is 5.02 Å². The zero-order valence-corrected chi connectivity index (χ0v) is 23.3. The number of carbonyl (C=O) groups excluding carboxylic acids is 2. The third-order valence-electron chi connectivity index (χ3n) is 6.31. The van der Waals surface area contributed by atoms with Crippen molar-refractivity contribution in [3.63, 3.8) is 0 Å². The van der Waals surface area contributed by atoms with E-state index in [1.165, 1.54) is 6.07 Å². The lowest BCUT2D eigenvalue weighted by atomic mass is 9.97. The molecule has 0 radical (unpaired) electrons. The number of methoxy groups -OCH3 is 1. The van der Waals surface area contributed by atoms with Crippen LogP contribution in [-0.4, -0.2) is 36.5 Å². The predicted molar refractivity (Wildman–Crippen MR) is 149 cm³/mol. The quantitative estimate of drug-likeness (QED) is 0.244. The van der Waals surface area contributed by atoms with Crippen molar-refractivity contribution in [2.75, 3.05) is 13.7 Å². The lowest BCUT2D eigenvalue weighted by Crippen LogP contribution is -2.02. The van der Waals surface area contributed by atoms with Gasteiger partial charge in [-0.1, -0.05) is 18.5 Å². The number of rotatable bonds is 5. The minimum atomic E-state index is -1.53. The van der Waals surface area contributed by atoms with Gasteiger partial charge in [-0.15, -0.1) is 0 Å². The third kappa shape index (κ3) is 6.86. The first kappa shape index (κ1) is 31.2. The summed E-state index contributed by atoms with van der Waals surface area (Å²) in [6.07, 6.45) is 1.64. The molecule has 12 heteroatoms. The van der Waals surface area contributed by atoms with E-state index in [1.54, 1.807) is 7.11 Å². The number of pyridine rings is 2. The minimum Gasteiger partial charge on any atom is -0.494 e. The van der Waals surface area contributed by atoms with E-state index >= 15 is 0 Å². The van der Waals surface area contributed by atoms with E-state index in [0.717, 1.165) is 33.8 Å². The summed E-state index contributed by atoms with van der Waals surface area (Å²) in [6.45, 7) is 4.24. The van der Waals surface area contributed by atoms with E-state index in [1.807, 2.05) is 38.1 Å². The number of amides is 2. The number of ether oxygens (including phenoxy) is 2. The van der Waals surface area contributed by atoms with Gasteiger partial charge in [0.25, 0.3) is 0 Å². The largest absolute Gasteiger partial charge is 0.494 e. The number of aryl methyl sites for hydroxylation is 3. The van der Waals surface area contributed by atoms with E-state index in [4.69, 9.17) is 30.7 Å². The van der Waals surface area contributed by atoms with Crippen molar-refractivity contribution in [1.82, 2.24) is 9.97 Å². The topological polar surface area (TPSA) is 130 Å². The van der Waals surface area contributed by atoms with Crippen molar-refractivity contribution in [3.05, 3.63) is 81.4 Å². The molecule has 0 saturated heterocycles. The van der Waals surface area contributed by atoms with Crippen LogP contribution in [0, 0.1) is 24.4 Å². The highest BCUT2D eigenvalue weighted by atomic mass is 35.5. The number of hydrogen-bond acceptors (Lipinski definition) is 6. The van der Waals surface area contributed by atoms with Crippen molar-refractivity contribution < 1.29 is 32.2 Å². The molecule has 0 aliphatic carbocycles. The van der Waals surface area contributed by atoms with Crippen LogP contribution < -0.4 is 20.9 Å². The molecule has 1 aliphatic heterocycles. The number of carbonyl (C=O) groups is 2. The molecular weight excluding hydrogens is 561 g/mol. The van der Waals surface area contributed by atoms with Gasteiger partial charge in [0, 0.05) is 28.1 Å². The van der Waals surface area contributed by atoms with Crippen molar-refractivity contribution in [2.45, 2.75) is 32.6 Å². The molecule has 4 N–H and O–H groups in total. The summed E-state index contributed by atoms with van der Waals surface area (Å²) in [4.78, 5) is 26.3. The Morgan fingerprint density at radius 1 is 1.05 bits per heavy atom. The van der Waals surface area contributed by atoms with Gasteiger partial charge in [-0.05, 0) is 61.7 Å². The fourth-order valence-corrected chi connectivity index (χ4v) is 4.56. The Bertz CT molecular complexity index is 1580. The molecule has 1 aliphatic rings. The number of aromatic nitrogens is 2. The summed E-state index contributed by atoms with van der Waals surface area (Å²) < 4.78 is 53.5. The van der Waals surface area contributed by atoms with E-state index in [9.17, 15) is 13.2 Å². The van der Waals surface area contributed by atoms with Gasteiger partial charge in [-0.3, -0.25) is 9.59 Å². The molecule has 4 aromatic rings. The van der Waals surface area contributed by atoms with E-state index in [-0.39, 0.29) is 30.0 Å². The molecule has 8 nitrogen and oxygen atoms in total. The average molecular weight is 589 g/mol. The zero-order valence-electron chi connectivity index (χ0n) is 22.5. The van der Waals surface area contributed by atoms with Crippen molar-refractivity contribution in [1.29, 1.82) is 0 Å². The number of benzene rings is 2. The van der Waals surface area contributed by atoms with Crippen molar-refractivity contribution in [2.24, 2.45) is 11.5 Å². The molecule has 5 rings (SSSR count). The fraction of sp³-hybridized carbons (Fsp3) is 0.241. The molecule has 0 spiro atoms. The zero-order chi connectivity index (χ0) is 30.3. The van der Waals surface area contributed by atoms with Crippen LogP contribution in [0.25, 0.3) is 22.2 Å². The minimum absolute atomic E-state index is 0.0658. The summed E-state index contributed by atoms with van der Waals surface area (Å²) in [7, 11) is 1.59. The molecule has 3 heterocycles. The molecule has 1 atom stereocenters. The van der Waals surface area contributed by atoms with Gasteiger partial charge >= 0.3 is 0 Å². The Balaban J connectivity index is 0.000000710. The number of halogens is 4. The van der Waals surface area contributed by atoms with E-state index < -0.39 is 17.5 Å². The second-order valence-electron chi connectivity index (χ2n) is 9.01. The normalized spacial score (nSPS) is 13.2. The third-order valence-corrected chi connectivity index (χ3v) is 6.70.